The summed E-state index contributed by atoms with van der Waals surface area (Å²) >= 11 is 8.69. The predicted octanol–water partition coefficient (Wildman–Crippen LogP) is 2.87. The maximum atomic E-state index is 13.1. The van der Waals surface area contributed by atoms with Crippen LogP contribution in [-0.2, 0) is 11.2 Å². The Morgan fingerprint density at radius 2 is 2.23 bits per heavy atom. The zero-order valence-electron chi connectivity index (χ0n) is 6.35. The van der Waals surface area contributed by atoms with E-state index >= 15 is 0 Å². The molecule has 1 aromatic carbocycles. The minimum absolute atomic E-state index is 0.0115. The molecule has 13 heavy (non-hydrogen) atoms. The summed E-state index contributed by atoms with van der Waals surface area (Å²) in [6.07, 6.45) is -0.405. The molecular weight excluding hydrogens is 262 g/mol. The Balaban J connectivity index is 3.13. The summed E-state index contributed by atoms with van der Waals surface area (Å²) < 4.78 is 13.6. The van der Waals surface area contributed by atoms with Crippen molar-refractivity contribution in [3.8, 4) is 0 Å². The van der Waals surface area contributed by atoms with E-state index in [-0.39, 0.29) is 10.6 Å². The van der Waals surface area contributed by atoms with Gasteiger partial charge in [-0.1, -0.05) is 27.5 Å². The number of carboxylic acid groups (broad SMARTS) is 1. The zero-order chi connectivity index (χ0) is 10.0. The first-order chi connectivity index (χ1) is 6.00. The highest BCUT2D eigenvalue weighted by Gasteiger charge is 2.11. The van der Waals surface area contributed by atoms with E-state index in [1.54, 1.807) is 0 Å². The monoisotopic (exact) mass is 266 g/mol. The van der Waals surface area contributed by atoms with Gasteiger partial charge in [0.25, 0.3) is 0 Å². The molecule has 0 saturated heterocycles. The minimum Gasteiger partial charge on any atom is -0.481 e. The first-order valence-corrected chi connectivity index (χ1v) is 4.53. The molecule has 0 heterocycles. The average molecular weight is 267 g/mol. The van der Waals surface area contributed by atoms with Crippen molar-refractivity contribution in [2.75, 3.05) is 0 Å². The molecule has 0 saturated carbocycles. The summed E-state index contributed by atoms with van der Waals surface area (Å²) in [7, 11) is 0. The fourth-order valence-electron chi connectivity index (χ4n) is 0.892. The lowest BCUT2D eigenvalue weighted by Gasteiger charge is -2.03. The molecule has 0 fully saturated rings. The van der Waals surface area contributed by atoms with Crippen LogP contribution in [0.3, 0.4) is 0 Å². The Labute approximate surface area is 87.5 Å². The SMILES string of the molecule is O=C(O)Cc1c(F)cc(Br)cc1Cl. The van der Waals surface area contributed by atoms with Crippen molar-refractivity contribution in [2.24, 2.45) is 0 Å². The molecule has 0 aliphatic heterocycles. The summed E-state index contributed by atoms with van der Waals surface area (Å²) in [5, 5.41) is 8.57. The number of aliphatic carboxylic acids is 1. The third-order valence-electron chi connectivity index (χ3n) is 1.43. The zero-order valence-corrected chi connectivity index (χ0v) is 8.69. The number of halogens is 3. The summed E-state index contributed by atoms with van der Waals surface area (Å²) in [6, 6.07) is 2.65. The lowest BCUT2D eigenvalue weighted by Crippen LogP contribution is -2.03. The molecular formula is C8H5BrClFO2. The van der Waals surface area contributed by atoms with Crippen LogP contribution in [-0.4, -0.2) is 11.1 Å². The van der Waals surface area contributed by atoms with Crippen LogP contribution in [0, 0.1) is 5.82 Å². The Kier molecular flexibility index (Phi) is 3.27. The Morgan fingerprint density at radius 3 is 2.69 bits per heavy atom. The highest BCUT2D eigenvalue weighted by atomic mass is 79.9. The van der Waals surface area contributed by atoms with Crippen molar-refractivity contribution in [1.29, 1.82) is 0 Å². The van der Waals surface area contributed by atoms with Crippen molar-refractivity contribution < 1.29 is 14.3 Å². The van der Waals surface area contributed by atoms with E-state index in [0.29, 0.717) is 4.47 Å². The Bertz CT molecular complexity index is 331. The van der Waals surface area contributed by atoms with Crippen LogP contribution in [0.4, 0.5) is 4.39 Å². The summed E-state index contributed by atoms with van der Waals surface area (Å²) in [4.78, 5) is 10.3. The van der Waals surface area contributed by atoms with Crippen molar-refractivity contribution in [2.45, 2.75) is 6.42 Å². The topological polar surface area (TPSA) is 37.3 Å². The molecule has 70 valence electrons. The quantitative estimate of drug-likeness (QED) is 0.894. The van der Waals surface area contributed by atoms with Gasteiger partial charge in [0.05, 0.1) is 6.42 Å². The molecule has 0 amide bonds. The number of carbonyl (C=O) groups is 1. The van der Waals surface area contributed by atoms with E-state index in [1.807, 2.05) is 0 Å². The van der Waals surface area contributed by atoms with Gasteiger partial charge >= 0.3 is 5.97 Å². The van der Waals surface area contributed by atoms with Gasteiger partial charge in [-0.2, -0.15) is 0 Å². The van der Waals surface area contributed by atoms with E-state index in [4.69, 9.17) is 16.7 Å². The van der Waals surface area contributed by atoms with Crippen LogP contribution in [0.5, 0.6) is 0 Å². The largest absolute Gasteiger partial charge is 0.481 e. The molecule has 2 nitrogen and oxygen atoms in total. The molecule has 1 N–H and O–H groups in total. The maximum Gasteiger partial charge on any atom is 0.307 e. The molecule has 0 aliphatic rings. The molecule has 1 rings (SSSR count). The van der Waals surface area contributed by atoms with Crippen LogP contribution in [0.25, 0.3) is 0 Å². The van der Waals surface area contributed by atoms with Gasteiger partial charge in [-0.15, -0.1) is 0 Å². The lowest BCUT2D eigenvalue weighted by atomic mass is 10.1. The highest BCUT2D eigenvalue weighted by Crippen LogP contribution is 2.24. The van der Waals surface area contributed by atoms with Crippen molar-refractivity contribution in [3.63, 3.8) is 0 Å². The third kappa shape index (κ3) is 2.67. The molecule has 0 bridgehead atoms. The van der Waals surface area contributed by atoms with Gasteiger partial charge < -0.3 is 5.11 Å². The summed E-state index contributed by atoms with van der Waals surface area (Å²) in [5.41, 5.74) is 0.0115. The fraction of sp³-hybridized carbons (Fsp3) is 0.125. The van der Waals surface area contributed by atoms with Gasteiger partial charge in [0.15, 0.2) is 0 Å². The van der Waals surface area contributed by atoms with E-state index in [0.717, 1.165) is 0 Å². The normalized spacial score (nSPS) is 10.1. The third-order valence-corrected chi connectivity index (χ3v) is 2.23. The number of rotatable bonds is 2. The van der Waals surface area contributed by atoms with Gasteiger partial charge in [0.2, 0.25) is 0 Å². The van der Waals surface area contributed by atoms with Crippen molar-refractivity contribution in [3.05, 3.63) is 33.0 Å². The van der Waals surface area contributed by atoms with Gasteiger partial charge in [-0.25, -0.2) is 4.39 Å². The standard InChI is InChI=1S/C8H5BrClFO2/c9-4-1-6(10)5(3-8(12)13)7(11)2-4/h1-2H,3H2,(H,12,13). The molecule has 0 aromatic heterocycles. The first-order valence-electron chi connectivity index (χ1n) is 3.36. The Hall–Kier alpha value is -0.610. The average Bonchev–Trinajstić information content (AvgIpc) is 1.96. The van der Waals surface area contributed by atoms with Gasteiger partial charge in [-0.3, -0.25) is 4.79 Å². The first kappa shape index (κ1) is 10.5. The van der Waals surface area contributed by atoms with Gasteiger partial charge in [0, 0.05) is 15.1 Å². The number of benzene rings is 1. The molecule has 0 radical (unpaired) electrons. The second kappa shape index (κ2) is 4.07. The number of hydrogen-bond donors (Lipinski definition) is 1. The van der Waals surface area contributed by atoms with E-state index in [9.17, 15) is 9.18 Å². The molecule has 1 aromatic rings. The Morgan fingerprint density at radius 1 is 1.62 bits per heavy atom. The molecule has 0 aliphatic carbocycles. The second-order valence-electron chi connectivity index (χ2n) is 2.42. The van der Waals surface area contributed by atoms with E-state index < -0.39 is 18.2 Å². The predicted molar refractivity (Wildman–Crippen MR) is 50.4 cm³/mol. The minimum atomic E-state index is -1.11. The van der Waals surface area contributed by atoms with Crippen LogP contribution in [0.15, 0.2) is 16.6 Å². The number of carboxylic acids is 1. The molecule has 0 atom stereocenters. The van der Waals surface area contributed by atoms with Crippen molar-refractivity contribution >= 4 is 33.5 Å². The highest BCUT2D eigenvalue weighted by molar-refractivity contribution is 9.10. The molecule has 5 heteroatoms. The summed E-state index contributed by atoms with van der Waals surface area (Å²) in [6.45, 7) is 0. The number of hydrogen-bond acceptors (Lipinski definition) is 1. The fourth-order valence-corrected chi connectivity index (χ4v) is 1.73. The van der Waals surface area contributed by atoms with Gasteiger partial charge in [-0.05, 0) is 12.1 Å². The van der Waals surface area contributed by atoms with Crippen LogP contribution < -0.4 is 0 Å². The van der Waals surface area contributed by atoms with E-state index in [1.165, 1.54) is 12.1 Å². The van der Waals surface area contributed by atoms with E-state index in [2.05, 4.69) is 15.9 Å². The van der Waals surface area contributed by atoms with Crippen LogP contribution in [0.2, 0.25) is 5.02 Å². The lowest BCUT2D eigenvalue weighted by molar-refractivity contribution is -0.136. The summed E-state index contributed by atoms with van der Waals surface area (Å²) in [5.74, 6) is -1.72. The van der Waals surface area contributed by atoms with Crippen LogP contribution in [0.1, 0.15) is 5.56 Å². The van der Waals surface area contributed by atoms with Gasteiger partial charge in [0.1, 0.15) is 5.82 Å². The smallest absolute Gasteiger partial charge is 0.307 e. The van der Waals surface area contributed by atoms with Crippen LogP contribution >= 0.6 is 27.5 Å². The maximum absolute atomic E-state index is 13.1. The molecule has 0 unspecified atom stereocenters. The second-order valence-corrected chi connectivity index (χ2v) is 3.74. The molecule has 0 spiro atoms. The van der Waals surface area contributed by atoms with Crippen molar-refractivity contribution in [1.82, 2.24) is 0 Å².